The number of nitrogens with two attached hydrogens (primary N) is 1. The molecule has 4 nitrogen and oxygen atoms in total. The first kappa shape index (κ1) is 10.3. The van der Waals surface area contributed by atoms with Crippen LogP contribution in [-0.2, 0) is 10.3 Å². The molecule has 0 unspecified atom stereocenters. The Morgan fingerprint density at radius 2 is 1.50 bits per heavy atom. The van der Waals surface area contributed by atoms with E-state index in [-0.39, 0.29) is 41.3 Å². The predicted octanol–water partition coefficient (Wildman–Crippen LogP) is -1.25. The van der Waals surface area contributed by atoms with Gasteiger partial charge < -0.3 is 0 Å². The Bertz CT molecular complexity index is 94.0. The molecule has 0 saturated carbocycles. The molecule has 0 heterocycles. The van der Waals surface area contributed by atoms with E-state index in [1.54, 1.807) is 0 Å². The van der Waals surface area contributed by atoms with Crippen molar-refractivity contribution >= 4 is 10.3 Å². The molecule has 0 aromatic carbocycles. The summed E-state index contributed by atoms with van der Waals surface area (Å²) in [6.45, 7) is 0. The Kier molecular flexibility index (Phi) is 5.58. The minimum absolute atomic E-state index is 0. The molecule has 0 aliphatic carbocycles. The first-order chi connectivity index (χ1) is 2.00. The van der Waals surface area contributed by atoms with Gasteiger partial charge in [-0.15, -0.1) is 0 Å². The maximum Gasteiger partial charge on any atom is 0.330 e. The fraction of sp³-hybridized carbons (Fsp3) is 0. The van der Waals surface area contributed by atoms with Gasteiger partial charge in [0.25, 0.3) is 0 Å². The van der Waals surface area contributed by atoms with Crippen molar-refractivity contribution in [2.75, 3.05) is 0 Å². The van der Waals surface area contributed by atoms with E-state index in [1.165, 1.54) is 0 Å². The summed E-state index contributed by atoms with van der Waals surface area (Å²) in [6.07, 6.45) is 0. The monoisotopic (exact) mass is 238 g/mol. The Morgan fingerprint density at radius 3 is 1.50 bits per heavy atom. The van der Waals surface area contributed by atoms with Crippen molar-refractivity contribution < 1.29 is 54.3 Å². The summed E-state index contributed by atoms with van der Waals surface area (Å²) < 4.78 is 25.2. The molecule has 0 aliphatic heterocycles. The van der Waals surface area contributed by atoms with Crippen LogP contribution in [0.25, 0.3) is 0 Å². The van der Waals surface area contributed by atoms with Crippen LogP contribution in [0.4, 0.5) is 0 Å². The van der Waals surface area contributed by atoms with Gasteiger partial charge in [-0.05, 0) is 0 Å². The standard InChI is InChI=1S/H3NO3S.Pr/c1-5(2,3)4;/h(H3,1,2,3,4);. The van der Waals surface area contributed by atoms with E-state index < -0.39 is 10.3 Å². The van der Waals surface area contributed by atoms with Crippen LogP contribution in [0.3, 0.4) is 0 Å². The van der Waals surface area contributed by atoms with Crippen LogP contribution >= 0.6 is 0 Å². The first-order valence-corrected chi connectivity index (χ1v) is 2.25. The molecule has 0 aliphatic rings. The summed E-state index contributed by atoms with van der Waals surface area (Å²) in [5, 5.41) is 3.88. The van der Waals surface area contributed by atoms with Gasteiger partial charge in [-0.1, -0.05) is 0 Å². The summed E-state index contributed by atoms with van der Waals surface area (Å²) in [5.41, 5.74) is 0. The smallest absolute Gasteiger partial charge is 0.274 e. The van der Waals surface area contributed by atoms with Crippen LogP contribution < -0.4 is 5.14 Å². The number of hydrogen-bond donors (Lipinski definition) is 2. The second kappa shape index (κ2) is 3.26. The molecule has 0 spiro atoms. The second-order valence-corrected chi connectivity index (χ2v) is 1.54. The summed E-state index contributed by atoms with van der Waals surface area (Å²) >= 11 is 0. The number of rotatable bonds is 0. The average molecular weight is 238 g/mol. The molecule has 0 atom stereocenters. The van der Waals surface area contributed by atoms with Gasteiger partial charge in [-0.3, -0.25) is 4.55 Å². The quantitative estimate of drug-likeness (QED) is 0.517. The van der Waals surface area contributed by atoms with Crippen LogP contribution in [0.5, 0.6) is 0 Å². The van der Waals surface area contributed by atoms with Crippen molar-refractivity contribution in [3.8, 4) is 0 Å². The van der Waals surface area contributed by atoms with Gasteiger partial charge in [0.05, 0.1) is 0 Å². The summed E-state index contributed by atoms with van der Waals surface area (Å²) in [4.78, 5) is 0. The van der Waals surface area contributed by atoms with Crippen molar-refractivity contribution in [1.82, 2.24) is 0 Å². The van der Waals surface area contributed by atoms with Crippen molar-refractivity contribution in [3.05, 3.63) is 0 Å². The van der Waals surface area contributed by atoms with Crippen molar-refractivity contribution in [2.24, 2.45) is 5.14 Å². The van der Waals surface area contributed by atoms with Crippen LogP contribution in [0, 0.1) is 41.3 Å². The number of hydrogen-bond acceptors (Lipinski definition) is 2. The second-order valence-electron chi connectivity index (χ2n) is 0.515. The fourth-order valence-corrected chi connectivity index (χ4v) is 0. The first-order valence-electron chi connectivity index (χ1n) is 0.752. The zero-order valence-corrected chi connectivity index (χ0v) is 7.35. The molecule has 0 aromatic heterocycles. The van der Waals surface area contributed by atoms with Crippen molar-refractivity contribution in [3.63, 3.8) is 0 Å². The van der Waals surface area contributed by atoms with Gasteiger partial charge in [0.1, 0.15) is 0 Å². The topological polar surface area (TPSA) is 80.4 Å². The van der Waals surface area contributed by atoms with Gasteiger partial charge in [-0.25, -0.2) is 5.14 Å². The van der Waals surface area contributed by atoms with Crippen molar-refractivity contribution in [1.29, 1.82) is 0 Å². The third-order valence-corrected chi connectivity index (χ3v) is 0. The summed E-state index contributed by atoms with van der Waals surface area (Å²) in [7, 11) is -4.17. The zero-order valence-electron chi connectivity index (χ0n) is 2.83. The Labute approximate surface area is 68.9 Å². The Morgan fingerprint density at radius 1 is 1.50 bits per heavy atom. The van der Waals surface area contributed by atoms with Crippen LogP contribution in [-0.4, -0.2) is 13.0 Å². The molecule has 0 saturated heterocycles. The molecule has 6 heavy (non-hydrogen) atoms. The molecule has 0 fully saturated rings. The van der Waals surface area contributed by atoms with Crippen LogP contribution in [0.1, 0.15) is 0 Å². The van der Waals surface area contributed by atoms with E-state index in [0.717, 1.165) is 0 Å². The van der Waals surface area contributed by atoms with Gasteiger partial charge in [0, 0.05) is 41.3 Å². The van der Waals surface area contributed by atoms with E-state index in [2.05, 4.69) is 5.14 Å². The Hall–Kier alpha value is 1.23. The van der Waals surface area contributed by atoms with E-state index in [1.807, 2.05) is 0 Å². The SMILES string of the molecule is NS(=O)(=O)O.[Pr]. The molecule has 0 amide bonds. The molecular weight excluding hydrogens is 235 g/mol. The largest absolute Gasteiger partial charge is 0.330 e. The van der Waals surface area contributed by atoms with Crippen molar-refractivity contribution in [2.45, 2.75) is 0 Å². The molecular formula is H3NO3PrS. The zero-order chi connectivity index (χ0) is 4.50. The minimum Gasteiger partial charge on any atom is -0.274 e. The molecule has 0 rings (SSSR count). The summed E-state index contributed by atoms with van der Waals surface area (Å²) in [5.74, 6) is 0. The molecule has 3 N–H and O–H groups in total. The van der Waals surface area contributed by atoms with Gasteiger partial charge in [0.2, 0.25) is 0 Å². The minimum atomic E-state index is -4.17. The van der Waals surface area contributed by atoms with Crippen LogP contribution in [0.2, 0.25) is 0 Å². The van der Waals surface area contributed by atoms with Gasteiger partial charge >= 0.3 is 10.3 Å². The van der Waals surface area contributed by atoms with E-state index in [0.29, 0.717) is 0 Å². The van der Waals surface area contributed by atoms with Gasteiger partial charge in [-0.2, -0.15) is 8.42 Å². The van der Waals surface area contributed by atoms with E-state index >= 15 is 0 Å². The normalized spacial score (nSPS) is 9.67. The van der Waals surface area contributed by atoms with Crippen LogP contribution in [0.15, 0.2) is 0 Å². The maximum absolute atomic E-state index is 8.97. The third kappa shape index (κ3) is 61.6. The summed E-state index contributed by atoms with van der Waals surface area (Å²) in [6, 6.07) is 0. The molecule has 1 radical (unpaired) electrons. The molecule has 0 bridgehead atoms. The molecule has 6 heteroatoms. The molecule has 0 aromatic rings. The average Bonchev–Trinajstić information content (AvgIpc) is 0.722. The third-order valence-electron chi connectivity index (χ3n) is 0. The maximum atomic E-state index is 8.97. The predicted molar refractivity (Wildman–Crippen MR) is 15.7 cm³/mol. The molecule has 35 valence electrons. The van der Waals surface area contributed by atoms with E-state index in [4.69, 9.17) is 13.0 Å². The fourth-order valence-electron chi connectivity index (χ4n) is 0. The Balaban J connectivity index is 0. The van der Waals surface area contributed by atoms with Gasteiger partial charge in [0.15, 0.2) is 0 Å². The van der Waals surface area contributed by atoms with E-state index in [9.17, 15) is 0 Å².